The molecular weight excluding hydrogens is 361 g/mol. The Morgan fingerprint density at radius 2 is 1.88 bits per heavy atom. The highest BCUT2D eigenvalue weighted by Gasteiger charge is 2.18. The molecule has 2 aromatic rings. The van der Waals surface area contributed by atoms with Gasteiger partial charge in [0.2, 0.25) is 0 Å². The van der Waals surface area contributed by atoms with Crippen molar-refractivity contribution < 1.29 is 17.7 Å². The lowest BCUT2D eigenvalue weighted by Gasteiger charge is -2.12. The van der Waals surface area contributed by atoms with Gasteiger partial charge in [-0.3, -0.25) is 10.1 Å². The molecule has 0 fully saturated rings. The third-order valence-corrected chi connectivity index (χ3v) is 4.79. The maximum atomic E-state index is 14.1. The Labute approximate surface area is 151 Å². The van der Waals surface area contributed by atoms with Crippen LogP contribution >= 0.6 is 0 Å². The molecule has 0 saturated carbocycles. The zero-order valence-electron chi connectivity index (χ0n) is 14.7. The average molecular weight is 381 g/mol. The fourth-order valence-electron chi connectivity index (χ4n) is 2.41. The Bertz CT molecular complexity index is 930. The molecule has 0 heterocycles. The minimum atomic E-state index is -3.55. The molecule has 0 atom stereocenters. The minimum Gasteiger partial charge on any atom is -0.375 e. The van der Waals surface area contributed by atoms with Gasteiger partial charge >= 0.3 is 0 Å². The summed E-state index contributed by atoms with van der Waals surface area (Å²) in [5, 5.41) is 14.1. The van der Waals surface area contributed by atoms with Gasteiger partial charge in [-0.2, -0.15) is 0 Å². The normalized spacial score (nSPS) is 11.6. The Morgan fingerprint density at radius 3 is 2.42 bits per heavy atom. The first-order chi connectivity index (χ1) is 12.1. The van der Waals surface area contributed by atoms with Gasteiger partial charge in [-0.05, 0) is 37.9 Å². The van der Waals surface area contributed by atoms with Gasteiger partial charge < -0.3 is 10.2 Å². The number of nitrogens with one attached hydrogen (secondary N) is 1. The molecule has 0 radical (unpaired) electrons. The minimum absolute atomic E-state index is 0.131. The van der Waals surface area contributed by atoms with E-state index in [0.29, 0.717) is 17.7 Å². The van der Waals surface area contributed by atoms with Crippen molar-refractivity contribution >= 4 is 21.2 Å². The second-order valence-corrected chi connectivity index (χ2v) is 8.24. The quantitative estimate of drug-likeness (QED) is 0.586. The summed E-state index contributed by atoms with van der Waals surface area (Å²) >= 11 is 0. The molecule has 7 nitrogen and oxygen atoms in total. The summed E-state index contributed by atoms with van der Waals surface area (Å²) in [6.07, 6.45) is 0.983. The molecule has 0 saturated heterocycles. The molecule has 2 rings (SSSR count). The highest BCUT2D eigenvalue weighted by atomic mass is 32.2. The summed E-state index contributed by atoms with van der Waals surface area (Å²) in [5.41, 5.74) is 0.992. The molecule has 0 aromatic heterocycles. The lowest BCUT2D eigenvalue weighted by Crippen LogP contribution is -2.12. The van der Waals surface area contributed by atoms with Gasteiger partial charge in [-0.1, -0.05) is 12.1 Å². The number of benzene rings is 2. The van der Waals surface area contributed by atoms with E-state index < -0.39 is 14.8 Å². The molecule has 1 N–H and O–H groups in total. The predicted molar refractivity (Wildman–Crippen MR) is 97.3 cm³/mol. The summed E-state index contributed by atoms with van der Waals surface area (Å²) in [5.74, 6) is -0.347. The van der Waals surface area contributed by atoms with Crippen LogP contribution in [0.3, 0.4) is 0 Å². The average Bonchev–Trinajstić information content (AvgIpc) is 2.53. The molecular formula is C17H20FN3O4S. The second kappa shape index (κ2) is 7.79. The van der Waals surface area contributed by atoms with Crippen molar-refractivity contribution in [3.8, 4) is 0 Å². The fraction of sp³-hybridized carbons (Fsp3) is 0.294. The van der Waals surface area contributed by atoms with E-state index >= 15 is 0 Å². The summed E-state index contributed by atoms with van der Waals surface area (Å²) in [6.45, 7) is 0.635. The van der Waals surface area contributed by atoms with Gasteiger partial charge in [-0.25, -0.2) is 12.8 Å². The third kappa shape index (κ3) is 4.99. The zero-order chi connectivity index (χ0) is 19.5. The Balaban J connectivity index is 2.21. The lowest BCUT2D eigenvalue weighted by molar-refractivity contribution is -0.384. The van der Waals surface area contributed by atoms with E-state index in [4.69, 9.17) is 0 Å². The lowest BCUT2D eigenvalue weighted by atomic mass is 10.1. The molecule has 26 heavy (non-hydrogen) atoms. The Morgan fingerprint density at radius 1 is 1.19 bits per heavy atom. The molecule has 140 valence electrons. The van der Waals surface area contributed by atoms with E-state index in [1.807, 2.05) is 19.0 Å². The van der Waals surface area contributed by atoms with E-state index in [-0.39, 0.29) is 28.6 Å². The van der Waals surface area contributed by atoms with Crippen molar-refractivity contribution in [1.82, 2.24) is 4.90 Å². The van der Waals surface area contributed by atoms with Crippen LogP contribution in [-0.4, -0.2) is 38.6 Å². The molecule has 0 aliphatic carbocycles. The van der Waals surface area contributed by atoms with Gasteiger partial charge in [0.05, 0.1) is 9.82 Å². The van der Waals surface area contributed by atoms with Crippen LogP contribution in [0.5, 0.6) is 0 Å². The number of rotatable bonds is 7. The Hall–Kier alpha value is -2.52. The van der Waals surface area contributed by atoms with Crippen LogP contribution in [0.25, 0.3) is 0 Å². The molecule has 0 aliphatic rings. The van der Waals surface area contributed by atoms with Crippen LogP contribution in [0.15, 0.2) is 41.3 Å². The molecule has 0 aliphatic heterocycles. The van der Waals surface area contributed by atoms with Crippen molar-refractivity contribution in [1.29, 1.82) is 0 Å². The first-order valence-electron chi connectivity index (χ1n) is 7.72. The van der Waals surface area contributed by atoms with Gasteiger partial charge in [0.15, 0.2) is 9.84 Å². The third-order valence-electron chi connectivity index (χ3n) is 3.68. The molecule has 9 heteroatoms. The number of nitro groups is 1. The maximum absolute atomic E-state index is 14.1. The van der Waals surface area contributed by atoms with Crippen molar-refractivity contribution in [3.05, 3.63) is 63.5 Å². The largest absolute Gasteiger partial charge is 0.375 e. The van der Waals surface area contributed by atoms with Crippen molar-refractivity contribution in [2.24, 2.45) is 0 Å². The number of sulfone groups is 1. The first kappa shape index (κ1) is 19.8. The van der Waals surface area contributed by atoms with Crippen molar-refractivity contribution in [3.63, 3.8) is 0 Å². The number of halogens is 1. The maximum Gasteiger partial charge on any atom is 0.293 e. The van der Waals surface area contributed by atoms with E-state index in [0.717, 1.165) is 12.3 Å². The molecule has 0 amide bonds. The summed E-state index contributed by atoms with van der Waals surface area (Å²) in [6, 6.07) is 8.44. The number of nitro benzene ring substituents is 1. The summed E-state index contributed by atoms with van der Waals surface area (Å²) in [7, 11) is 0.134. The van der Waals surface area contributed by atoms with E-state index in [1.54, 1.807) is 12.1 Å². The van der Waals surface area contributed by atoms with Crippen LogP contribution in [0.4, 0.5) is 15.8 Å². The number of hydrogen-bond donors (Lipinski definition) is 1. The number of hydrogen-bond acceptors (Lipinski definition) is 6. The molecule has 0 spiro atoms. The zero-order valence-corrected chi connectivity index (χ0v) is 15.5. The SMILES string of the molecule is CN(C)Cc1ccc(CNc2ccc(S(C)(=O)=O)cc2[N+](=O)[O-])cc1F. The van der Waals surface area contributed by atoms with Gasteiger partial charge in [0, 0.05) is 31.0 Å². The van der Waals surface area contributed by atoms with E-state index in [1.165, 1.54) is 18.2 Å². The Kier molecular flexibility index (Phi) is 5.94. The van der Waals surface area contributed by atoms with Crippen LogP contribution < -0.4 is 5.32 Å². The fourth-order valence-corrected chi connectivity index (χ4v) is 3.05. The van der Waals surface area contributed by atoms with Gasteiger partial charge in [0.25, 0.3) is 5.69 Å². The van der Waals surface area contributed by atoms with Crippen molar-refractivity contribution in [2.45, 2.75) is 18.0 Å². The monoisotopic (exact) mass is 381 g/mol. The first-order valence-corrected chi connectivity index (χ1v) is 9.61. The highest BCUT2D eigenvalue weighted by Crippen LogP contribution is 2.28. The number of nitrogens with zero attached hydrogens (tertiary/aromatic N) is 2. The molecule has 0 unspecified atom stereocenters. The van der Waals surface area contributed by atoms with Crippen LogP contribution in [0.1, 0.15) is 11.1 Å². The van der Waals surface area contributed by atoms with Crippen LogP contribution in [-0.2, 0) is 22.9 Å². The van der Waals surface area contributed by atoms with Crippen LogP contribution in [0.2, 0.25) is 0 Å². The number of anilines is 1. The molecule has 0 bridgehead atoms. The van der Waals surface area contributed by atoms with E-state index in [9.17, 15) is 22.9 Å². The predicted octanol–water partition coefficient (Wildman–Crippen LogP) is 2.81. The molecule has 2 aromatic carbocycles. The van der Waals surface area contributed by atoms with Crippen LogP contribution in [0, 0.1) is 15.9 Å². The van der Waals surface area contributed by atoms with E-state index in [2.05, 4.69) is 5.32 Å². The summed E-state index contributed by atoms with van der Waals surface area (Å²) < 4.78 is 37.2. The second-order valence-electron chi connectivity index (χ2n) is 6.23. The standard InChI is InChI=1S/C17H20FN3O4S/c1-20(2)11-13-5-4-12(8-15(13)18)10-19-16-7-6-14(26(3,24)25)9-17(16)21(22)23/h4-9,19H,10-11H2,1-3H3. The smallest absolute Gasteiger partial charge is 0.293 e. The van der Waals surface area contributed by atoms with Gasteiger partial charge in [-0.15, -0.1) is 0 Å². The highest BCUT2D eigenvalue weighted by molar-refractivity contribution is 7.90. The van der Waals surface area contributed by atoms with Crippen molar-refractivity contribution in [2.75, 3.05) is 25.7 Å². The topological polar surface area (TPSA) is 92.6 Å². The summed E-state index contributed by atoms with van der Waals surface area (Å²) in [4.78, 5) is 12.3. The van der Waals surface area contributed by atoms with Gasteiger partial charge in [0.1, 0.15) is 11.5 Å².